The zero-order valence-electron chi connectivity index (χ0n) is 6.91. The molecule has 0 atom stereocenters. The fourth-order valence-corrected chi connectivity index (χ4v) is 1.12. The fourth-order valence-electron chi connectivity index (χ4n) is 0.740. The van der Waals surface area contributed by atoms with Crippen LogP contribution in [0, 0.1) is 0 Å². The van der Waals surface area contributed by atoms with Crippen LogP contribution in [0.5, 0.6) is 11.5 Å². The quantitative estimate of drug-likeness (QED) is 0.520. The number of rotatable bonds is 4. The van der Waals surface area contributed by atoms with Gasteiger partial charge < -0.3 is 9.07 Å². The topological polar surface area (TPSA) is 114 Å². The summed E-state index contributed by atoms with van der Waals surface area (Å²) >= 11 is 0. The zero-order chi connectivity index (χ0) is 10.6. The summed E-state index contributed by atoms with van der Waals surface area (Å²) in [5.74, 6) is 5.00. The third kappa shape index (κ3) is 3.58. The molecule has 0 unspecified atom stereocenters. The summed E-state index contributed by atoms with van der Waals surface area (Å²) in [6, 6.07) is 5.46. The summed E-state index contributed by atoms with van der Waals surface area (Å²) < 4.78 is 25.3. The fraction of sp³-hybridized carbons (Fsp3) is 0. The maximum atomic E-state index is 10.5. The van der Waals surface area contributed by atoms with Gasteiger partial charge in [0.1, 0.15) is 5.75 Å². The molecule has 0 aliphatic carbocycles. The van der Waals surface area contributed by atoms with Crippen molar-refractivity contribution in [2.75, 3.05) is 0 Å². The second kappa shape index (κ2) is 4.24. The van der Waals surface area contributed by atoms with Gasteiger partial charge >= 0.3 is 10.3 Å². The normalized spacial score (nSPS) is 11.0. The largest absolute Gasteiger partial charge is 0.380 e. The predicted octanol–water partition coefficient (Wildman–Crippen LogP) is -0.547. The highest BCUT2D eigenvalue weighted by Crippen LogP contribution is 2.17. The van der Waals surface area contributed by atoms with Crippen LogP contribution in [0.25, 0.3) is 0 Å². The summed E-state index contributed by atoms with van der Waals surface area (Å²) in [6.45, 7) is 0. The van der Waals surface area contributed by atoms with Crippen LogP contribution >= 0.6 is 0 Å². The number of nitrogens with two attached hydrogens (primary N) is 2. The molecule has 8 heteroatoms. The Labute approximate surface area is 80.3 Å². The van der Waals surface area contributed by atoms with Gasteiger partial charge in [0.25, 0.3) is 0 Å². The third-order valence-electron chi connectivity index (χ3n) is 1.18. The van der Waals surface area contributed by atoms with Crippen LogP contribution in [-0.4, -0.2) is 8.42 Å². The van der Waals surface area contributed by atoms with Crippen molar-refractivity contribution < 1.29 is 22.5 Å². The molecule has 0 radical (unpaired) electrons. The minimum Gasteiger partial charge on any atom is -0.371 e. The third-order valence-corrected chi connectivity index (χ3v) is 1.61. The van der Waals surface area contributed by atoms with E-state index in [0.717, 1.165) is 0 Å². The van der Waals surface area contributed by atoms with Gasteiger partial charge in [-0.15, -0.1) is 0 Å². The van der Waals surface area contributed by atoms with Crippen molar-refractivity contribution in [1.82, 2.24) is 0 Å². The zero-order valence-corrected chi connectivity index (χ0v) is 7.73. The number of hydrogen-bond acceptors (Lipinski definition) is 6. The molecule has 14 heavy (non-hydrogen) atoms. The second-order valence-corrected chi connectivity index (χ2v) is 3.38. The number of benzene rings is 1. The average molecular weight is 220 g/mol. The van der Waals surface area contributed by atoms with Crippen LogP contribution < -0.4 is 20.1 Å². The van der Waals surface area contributed by atoms with E-state index in [0.29, 0.717) is 5.75 Å². The molecule has 0 saturated heterocycles. The monoisotopic (exact) mass is 220 g/mol. The van der Waals surface area contributed by atoms with E-state index < -0.39 is 10.3 Å². The lowest BCUT2D eigenvalue weighted by Gasteiger charge is -2.03. The summed E-state index contributed by atoms with van der Waals surface area (Å²) in [7, 11) is -4.00. The molecule has 0 spiro atoms. The van der Waals surface area contributed by atoms with E-state index in [1.165, 1.54) is 24.3 Å². The molecule has 0 amide bonds. The standard InChI is InChI=1S/C6H8N2O5S/c7-13-11-5-1-3-6(4-2-5)12-14(8,9)10/h1-4H,7H2,(H2,8,9,10). The van der Waals surface area contributed by atoms with Crippen molar-refractivity contribution >= 4 is 10.3 Å². The van der Waals surface area contributed by atoms with Crippen LogP contribution in [0.3, 0.4) is 0 Å². The lowest BCUT2D eigenvalue weighted by Crippen LogP contribution is -2.18. The molecule has 1 rings (SSSR count). The van der Waals surface area contributed by atoms with E-state index >= 15 is 0 Å². The molecule has 1 aromatic carbocycles. The van der Waals surface area contributed by atoms with Crippen molar-refractivity contribution in [2.24, 2.45) is 11.0 Å². The van der Waals surface area contributed by atoms with Crippen LogP contribution in [0.15, 0.2) is 24.3 Å². The SMILES string of the molecule is NOOc1ccc(OS(N)(=O)=O)cc1. The lowest BCUT2D eigenvalue weighted by atomic mass is 10.3. The van der Waals surface area contributed by atoms with Gasteiger partial charge in [-0.1, -0.05) is 4.99 Å². The Morgan fingerprint density at radius 3 is 2.00 bits per heavy atom. The van der Waals surface area contributed by atoms with Crippen LogP contribution in [0.4, 0.5) is 0 Å². The highest BCUT2D eigenvalue weighted by molar-refractivity contribution is 7.84. The Balaban J connectivity index is 2.74. The Kier molecular flexibility index (Phi) is 3.25. The van der Waals surface area contributed by atoms with Crippen molar-refractivity contribution in [2.45, 2.75) is 0 Å². The number of hydrogen-bond donors (Lipinski definition) is 2. The minimum absolute atomic E-state index is 0.0665. The first-order valence-electron chi connectivity index (χ1n) is 3.37. The highest BCUT2D eigenvalue weighted by Gasteiger charge is 2.04. The molecule has 1 aromatic rings. The first-order chi connectivity index (χ1) is 6.51. The van der Waals surface area contributed by atoms with Gasteiger partial charge in [-0.3, -0.25) is 0 Å². The van der Waals surface area contributed by atoms with E-state index in [1.807, 2.05) is 0 Å². The molecule has 4 N–H and O–H groups in total. The first kappa shape index (κ1) is 10.7. The van der Waals surface area contributed by atoms with Gasteiger partial charge in [-0.05, 0) is 24.3 Å². The molecule has 0 aliphatic heterocycles. The van der Waals surface area contributed by atoms with Gasteiger partial charge in [-0.25, -0.2) is 0 Å². The minimum atomic E-state index is -4.00. The summed E-state index contributed by atoms with van der Waals surface area (Å²) in [5, 5.41) is 4.64. The molecule has 0 bridgehead atoms. The molecule has 0 aliphatic rings. The first-order valence-corrected chi connectivity index (χ1v) is 4.84. The van der Waals surface area contributed by atoms with E-state index in [4.69, 9.17) is 0 Å². The van der Waals surface area contributed by atoms with Gasteiger partial charge in [0.2, 0.25) is 0 Å². The van der Waals surface area contributed by atoms with E-state index in [-0.39, 0.29) is 5.75 Å². The Hall–Kier alpha value is -1.35. The predicted molar refractivity (Wildman–Crippen MR) is 46.1 cm³/mol. The smallest absolute Gasteiger partial charge is 0.371 e. The summed E-state index contributed by atoms with van der Waals surface area (Å²) in [5.41, 5.74) is 0. The molecule has 7 nitrogen and oxygen atoms in total. The summed E-state index contributed by atoms with van der Waals surface area (Å²) in [4.78, 5) is 8.32. The van der Waals surface area contributed by atoms with Crippen molar-refractivity contribution in [3.63, 3.8) is 0 Å². The van der Waals surface area contributed by atoms with Crippen LogP contribution in [0.1, 0.15) is 0 Å². The van der Waals surface area contributed by atoms with Crippen LogP contribution in [-0.2, 0) is 15.3 Å². The van der Waals surface area contributed by atoms with E-state index in [2.05, 4.69) is 25.1 Å². The van der Waals surface area contributed by atoms with E-state index in [1.54, 1.807) is 0 Å². The van der Waals surface area contributed by atoms with Gasteiger partial charge in [0.15, 0.2) is 5.75 Å². The van der Waals surface area contributed by atoms with Gasteiger partial charge in [-0.2, -0.15) is 19.5 Å². The second-order valence-electron chi connectivity index (χ2n) is 2.23. The lowest BCUT2D eigenvalue weighted by molar-refractivity contribution is -0.211. The van der Waals surface area contributed by atoms with Crippen molar-refractivity contribution in [3.8, 4) is 11.5 Å². The molecule has 0 aromatic heterocycles. The molecular formula is C6H8N2O5S. The molecule has 0 saturated carbocycles. The van der Waals surface area contributed by atoms with Crippen molar-refractivity contribution in [3.05, 3.63) is 24.3 Å². The molecular weight excluding hydrogens is 212 g/mol. The Morgan fingerprint density at radius 2 is 1.57 bits per heavy atom. The van der Waals surface area contributed by atoms with Gasteiger partial charge in [0.05, 0.1) is 0 Å². The van der Waals surface area contributed by atoms with Crippen LogP contribution in [0.2, 0.25) is 0 Å². The van der Waals surface area contributed by atoms with E-state index in [9.17, 15) is 8.42 Å². The average Bonchev–Trinajstić information content (AvgIpc) is 2.06. The Bertz CT molecular complexity index is 387. The summed E-state index contributed by atoms with van der Waals surface area (Å²) in [6.07, 6.45) is 0. The molecule has 0 heterocycles. The highest BCUT2D eigenvalue weighted by atomic mass is 32.2. The maximum Gasteiger partial charge on any atom is 0.380 e. The molecule has 0 fully saturated rings. The Morgan fingerprint density at radius 1 is 1.07 bits per heavy atom. The maximum absolute atomic E-state index is 10.5. The van der Waals surface area contributed by atoms with Gasteiger partial charge in [0, 0.05) is 0 Å². The molecule has 78 valence electrons. The van der Waals surface area contributed by atoms with Crippen molar-refractivity contribution in [1.29, 1.82) is 0 Å².